The van der Waals surface area contributed by atoms with E-state index < -0.39 is 5.97 Å². The molecule has 0 radical (unpaired) electrons. The summed E-state index contributed by atoms with van der Waals surface area (Å²) < 4.78 is 15.3. The zero-order chi connectivity index (χ0) is 16.9. The highest BCUT2D eigenvalue weighted by Crippen LogP contribution is 2.20. The SMILES string of the molecule is COc1ccc(C(=O)OCc2nc(-c3cccc(Cl)c3)no2)cc1. The summed E-state index contributed by atoms with van der Waals surface area (Å²) in [5.74, 6) is 0.759. The lowest BCUT2D eigenvalue weighted by molar-refractivity contribution is 0.0430. The molecule has 0 spiro atoms. The molecule has 0 aliphatic rings. The van der Waals surface area contributed by atoms with Crippen molar-refractivity contribution in [1.82, 2.24) is 10.1 Å². The molecular formula is C17H13ClN2O4. The first-order chi connectivity index (χ1) is 11.7. The number of aromatic nitrogens is 2. The van der Waals surface area contributed by atoms with Crippen LogP contribution in [0, 0.1) is 0 Å². The lowest BCUT2D eigenvalue weighted by atomic mass is 10.2. The fraction of sp³-hybridized carbons (Fsp3) is 0.118. The third-order valence-corrected chi connectivity index (χ3v) is 3.44. The average molecular weight is 345 g/mol. The minimum atomic E-state index is -0.486. The second-order valence-corrected chi connectivity index (χ2v) is 5.26. The van der Waals surface area contributed by atoms with Crippen molar-refractivity contribution >= 4 is 17.6 Å². The van der Waals surface area contributed by atoms with Gasteiger partial charge in [0, 0.05) is 10.6 Å². The number of methoxy groups -OCH3 is 1. The third-order valence-electron chi connectivity index (χ3n) is 3.20. The molecule has 0 saturated carbocycles. The number of carbonyl (C=O) groups is 1. The van der Waals surface area contributed by atoms with E-state index in [1.165, 1.54) is 0 Å². The van der Waals surface area contributed by atoms with E-state index in [4.69, 9.17) is 25.6 Å². The monoisotopic (exact) mass is 344 g/mol. The maximum atomic E-state index is 12.0. The van der Waals surface area contributed by atoms with E-state index in [9.17, 15) is 4.79 Å². The Morgan fingerprint density at radius 3 is 2.71 bits per heavy atom. The van der Waals surface area contributed by atoms with Crippen LogP contribution in [0.4, 0.5) is 0 Å². The Bertz CT molecular complexity index is 846. The topological polar surface area (TPSA) is 74.5 Å². The molecule has 0 aliphatic heterocycles. The molecule has 3 rings (SSSR count). The zero-order valence-corrected chi connectivity index (χ0v) is 13.5. The van der Waals surface area contributed by atoms with Gasteiger partial charge in [0.25, 0.3) is 5.89 Å². The van der Waals surface area contributed by atoms with Crippen LogP contribution in [-0.2, 0) is 11.3 Å². The second-order valence-electron chi connectivity index (χ2n) is 4.83. The molecule has 0 amide bonds. The average Bonchev–Trinajstić information content (AvgIpc) is 3.09. The van der Waals surface area contributed by atoms with E-state index in [2.05, 4.69) is 10.1 Å². The molecule has 3 aromatic rings. The minimum absolute atomic E-state index is 0.113. The summed E-state index contributed by atoms with van der Waals surface area (Å²) in [6, 6.07) is 13.7. The summed E-state index contributed by atoms with van der Waals surface area (Å²) in [6.45, 7) is -0.113. The Labute approximate surface area is 143 Å². The Balaban J connectivity index is 1.63. The molecule has 122 valence electrons. The van der Waals surface area contributed by atoms with Crippen LogP contribution >= 0.6 is 11.6 Å². The number of halogens is 1. The number of benzene rings is 2. The molecule has 0 atom stereocenters. The van der Waals surface area contributed by atoms with Crippen LogP contribution < -0.4 is 4.74 Å². The molecule has 0 unspecified atom stereocenters. The fourth-order valence-corrected chi connectivity index (χ4v) is 2.19. The molecule has 24 heavy (non-hydrogen) atoms. The van der Waals surface area contributed by atoms with Crippen molar-refractivity contribution in [2.45, 2.75) is 6.61 Å². The standard InChI is InChI=1S/C17H13ClN2O4/c1-22-14-7-5-11(6-8-14)17(21)23-10-15-19-16(20-24-15)12-3-2-4-13(18)9-12/h2-9H,10H2,1H3. The second kappa shape index (κ2) is 7.14. The van der Waals surface area contributed by atoms with Crippen molar-refractivity contribution in [2.24, 2.45) is 0 Å². The molecule has 0 aliphatic carbocycles. The summed E-state index contributed by atoms with van der Waals surface area (Å²) in [5, 5.41) is 4.42. The molecule has 1 heterocycles. The van der Waals surface area contributed by atoms with Crippen molar-refractivity contribution in [3.05, 3.63) is 65.0 Å². The Kier molecular flexibility index (Phi) is 4.77. The molecule has 0 bridgehead atoms. The highest BCUT2D eigenvalue weighted by molar-refractivity contribution is 6.30. The lowest BCUT2D eigenvalue weighted by Crippen LogP contribution is -2.05. The summed E-state index contributed by atoms with van der Waals surface area (Å²) in [5.41, 5.74) is 1.13. The van der Waals surface area contributed by atoms with Crippen LogP contribution in [0.15, 0.2) is 53.1 Å². The van der Waals surface area contributed by atoms with Gasteiger partial charge in [-0.2, -0.15) is 4.98 Å². The first-order valence-electron chi connectivity index (χ1n) is 7.05. The Morgan fingerprint density at radius 2 is 2.00 bits per heavy atom. The quantitative estimate of drug-likeness (QED) is 0.656. The van der Waals surface area contributed by atoms with Crippen molar-refractivity contribution in [3.8, 4) is 17.1 Å². The van der Waals surface area contributed by atoms with Gasteiger partial charge in [-0.3, -0.25) is 0 Å². The van der Waals surface area contributed by atoms with E-state index in [-0.39, 0.29) is 12.5 Å². The van der Waals surface area contributed by atoms with Gasteiger partial charge in [0.05, 0.1) is 12.7 Å². The van der Waals surface area contributed by atoms with Crippen LogP contribution in [0.25, 0.3) is 11.4 Å². The molecule has 2 aromatic carbocycles. The van der Waals surface area contributed by atoms with Crippen LogP contribution in [0.5, 0.6) is 5.75 Å². The number of hydrogen-bond donors (Lipinski definition) is 0. The van der Waals surface area contributed by atoms with Crippen LogP contribution in [0.1, 0.15) is 16.2 Å². The van der Waals surface area contributed by atoms with Gasteiger partial charge in [0.2, 0.25) is 5.82 Å². The van der Waals surface area contributed by atoms with E-state index >= 15 is 0 Å². The molecular weight excluding hydrogens is 332 g/mol. The number of carbonyl (C=O) groups excluding carboxylic acids is 1. The molecule has 6 nitrogen and oxygen atoms in total. The summed E-state index contributed by atoms with van der Waals surface area (Å²) in [4.78, 5) is 16.1. The van der Waals surface area contributed by atoms with E-state index in [0.717, 1.165) is 5.56 Å². The number of ether oxygens (including phenoxy) is 2. The smallest absolute Gasteiger partial charge is 0.338 e. The van der Waals surface area contributed by atoms with Crippen LogP contribution in [0.3, 0.4) is 0 Å². The number of hydrogen-bond acceptors (Lipinski definition) is 6. The van der Waals surface area contributed by atoms with Gasteiger partial charge in [0.15, 0.2) is 6.61 Å². The van der Waals surface area contributed by atoms with Crippen molar-refractivity contribution in [1.29, 1.82) is 0 Å². The molecule has 0 N–H and O–H groups in total. The largest absolute Gasteiger partial charge is 0.497 e. The summed E-state index contributed by atoms with van der Waals surface area (Å²) >= 11 is 5.93. The lowest BCUT2D eigenvalue weighted by Gasteiger charge is -2.03. The van der Waals surface area contributed by atoms with Crippen LogP contribution in [0.2, 0.25) is 5.02 Å². The predicted molar refractivity (Wildman–Crippen MR) is 86.9 cm³/mol. The predicted octanol–water partition coefficient (Wildman–Crippen LogP) is 3.76. The molecule has 7 heteroatoms. The van der Waals surface area contributed by atoms with E-state index in [1.807, 2.05) is 6.07 Å². The highest BCUT2D eigenvalue weighted by atomic mass is 35.5. The van der Waals surface area contributed by atoms with Gasteiger partial charge in [-0.15, -0.1) is 0 Å². The van der Waals surface area contributed by atoms with Gasteiger partial charge < -0.3 is 14.0 Å². The van der Waals surface area contributed by atoms with Crippen molar-refractivity contribution in [2.75, 3.05) is 7.11 Å². The number of esters is 1. The normalized spacial score (nSPS) is 10.4. The van der Waals surface area contributed by atoms with Crippen molar-refractivity contribution in [3.63, 3.8) is 0 Å². The van der Waals surface area contributed by atoms with Crippen molar-refractivity contribution < 1.29 is 18.8 Å². The molecule has 0 fully saturated rings. The summed E-state index contributed by atoms with van der Waals surface area (Å²) in [7, 11) is 1.56. The minimum Gasteiger partial charge on any atom is -0.497 e. The van der Waals surface area contributed by atoms with Gasteiger partial charge in [-0.05, 0) is 36.4 Å². The van der Waals surface area contributed by atoms with Gasteiger partial charge in [0.1, 0.15) is 5.75 Å². The number of nitrogens with zero attached hydrogens (tertiary/aromatic N) is 2. The zero-order valence-electron chi connectivity index (χ0n) is 12.7. The fourth-order valence-electron chi connectivity index (χ4n) is 2.00. The first kappa shape index (κ1) is 16.0. The first-order valence-corrected chi connectivity index (χ1v) is 7.43. The maximum absolute atomic E-state index is 12.0. The molecule has 1 aromatic heterocycles. The van der Waals surface area contributed by atoms with Gasteiger partial charge in [-0.25, -0.2) is 4.79 Å². The third kappa shape index (κ3) is 3.72. The Hall–Kier alpha value is -2.86. The summed E-state index contributed by atoms with van der Waals surface area (Å²) in [6.07, 6.45) is 0. The van der Waals surface area contributed by atoms with E-state index in [1.54, 1.807) is 49.6 Å². The van der Waals surface area contributed by atoms with E-state index in [0.29, 0.717) is 22.2 Å². The van der Waals surface area contributed by atoms with Crippen LogP contribution in [-0.4, -0.2) is 23.2 Å². The Morgan fingerprint density at radius 1 is 1.21 bits per heavy atom. The van der Waals surface area contributed by atoms with Gasteiger partial charge in [-0.1, -0.05) is 28.9 Å². The maximum Gasteiger partial charge on any atom is 0.338 e. The highest BCUT2D eigenvalue weighted by Gasteiger charge is 2.12. The van der Waals surface area contributed by atoms with Gasteiger partial charge >= 0.3 is 5.97 Å². The number of rotatable bonds is 5. The molecule has 0 saturated heterocycles.